The average Bonchev–Trinajstić information content (AvgIpc) is 2.69. The zero-order chi connectivity index (χ0) is 19.2. The van der Waals surface area contributed by atoms with Gasteiger partial charge in [-0.1, -0.05) is 6.92 Å². The second-order valence-corrected chi connectivity index (χ2v) is 7.05. The lowest BCUT2D eigenvalue weighted by atomic mass is 9.92. The lowest BCUT2D eigenvalue weighted by Gasteiger charge is -2.29. The fourth-order valence-electron chi connectivity index (χ4n) is 3.39. The van der Waals surface area contributed by atoms with Crippen LogP contribution >= 0.6 is 0 Å². The number of ether oxygens (including phenoxy) is 1. The van der Waals surface area contributed by atoms with Crippen LogP contribution < -0.4 is 10.1 Å². The van der Waals surface area contributed by atoms with Gasteiger partial charge in [0.2, 0.25) is 0 Å². The smallest absolute Gasteiger partial charge is 0.253 e. The van der Waals surface area contributed by atoms with E-state index in [2.05, 4.69) is 16.4 Å². The predicted molar refractivity (Wildman–Crippen MR) is 104 cm³/mol. The Hall–Kier alpha value is -2.87. The molecule has 0 unspecified atom stereocenters. The van der Waals surface area contributed by atoms with E-state index in [-0.39, 0.29) is 18.1 Å². The standard InChI is InChI=1S/C22H25N3O2/c1-3-18-6-4-17(14-24-18)22(26)25-19-7-10-20(11-8-19)27-21-9-5-16(13-23)15(2)12-21/h4-6,9,12,14,19-20H,3,7-8,10-11H2,1-2H3,(H,25,26). The summed E-state index contributed by atoms with van der Waals surface area (Å²) in [5, 5.41) is 12.1. The van der Waals surface area contributed by atoms with Gasteiger partial charge in [-0.25, -0.2) is 0 Å². The van der Waals surface area contributed by atoms with Crippen LogP contribution in [0.3, 0.4) is 0 Å². The molecule has 0 atom stereocenters. The molecular weight excluding hydrogens is 338 g/mol. The summed E-state index contributed by atoms with van der Waals surface area (Å²) >= 11 is 0. The van der Waals surface area contributed by atoms with Crippen LogP contribution in [0.4, 0.5) is 0 Å². The highest BCUT2D eigenvalue weighted by atomic mass is 16.5. The number of carbonyl (C=O) groups is 1. The highest BCUT2D eigenvalue weighted by Gasteiger charge is 2.24. The Morgan fingerprint density at radius 2 is 2.04 bits per heavy atom. The van der Waals surface area contributed by atoms with E-state index >= 15 is 0 Å². The summed E-state index contributed by atoms with van der Waals surface area (Å²) in [6.07, 6.45) is 6.25. The number of hydrogen-bond acceptors (Lipinski definition) is 4. The molecule has 1 saturated carbocycles. The number of nitrogens with one attached hydrogen (secondary N) is 1. The lowest BCUT2D eigenvalue weighted by molar-refractivity contribution is 0.0893. The number of benzene rings is 1. The highest BCUT2D eigenvalue weighted by molar-refractivity contribution is 5.94. The molecule has 0 aliphatic heterocycles. The first-order chi connectivity index (χ1) is 13.1. The summed E-state index contributed by atoms with van der Waals surface area (Å²) in [5.41, 5.74) is 3.20. The molecule has 5 nitrogen and oxygen atoms in total. The maximum Gasteiger partial charge on any atom is 0.253 e. The Morgan fingerprint density at radius 3 is 2.63 bits per heavy atom. The summed E-state index contributed by atoms with van der Waals surface area (Å²) in [7, 11) is 0. The molecule has 140 valence electrons. The molecule has 0 saturated heterocycles. The number of hydrogen-bond donors (Lipinski definition) is 1. The van der Waals surface area contributed by atoms with E-state index in [0.29, 0.717) is 11.1 Å². The Bertz CT molecular complexity index is 832. The number of pyridine rings is 1. The summed E-state index contributed by atoms with van der Waals surface area (Å²) in [6, 6.07) is 11.6. The Balaban J connectivity index is 1.49. The number of carbonyl (C=O) groups excluding carboxylic acids is 1. The van der Waals surface area contributed by atoms with Gasteiger partial charge in [-0.15, -0.1) is 0 Å². The first kappa shape index (κ1) is 18.9. The number of rotatable bonds is 5. The highest BCUT2D eigenvalue weighted by Crippen LogP contribution is 2.25. The van der Waals surface area contributed by atoms with E-state index in [4.69, 9.17) is 10.00 Å². The molecule has 5 heteroatoms. The van der Waals surface area contributed by atoms with Crippen LogP contribution in [0.5, 0.6) is 5.75 Å². The number of aryl methyl sites for hydroxylation is 2. The van der Waals surface area contributed by atoms with Gasteiger partial charge in [0, 0.05) is 17.9 Å². The molecule has 1 aliphatic carbocycles. The van der Waals surface area contributed by atoms with Crippen LogP contribution in [-0.4, -0.2) is 23.0 Å². The van der Waals surface area contributed by atoms with Crippen LogP contribution in [0.2, 0.25) is 0 Å². The monoisotopic (exact) mass is 363 g/mol. The quantitative estimate of drug-likeness (QED) is 0.873. The van der Waals surface area contributed by atoms with Gasteiger partial charge in [-0.05, 0) is 74.9 Å². The Labute approximate surface area is 160 Å². The van der Waals surface area contributed by atoms with E-state index in [0.717, 1.165) is 49.1 Å². The maximum absolute atomic E-state index is 12.4. The van der Waals surface area contributed by atoms with Crippen molar-refractivity contribution in [3.63, 3.8) is 0 Å². The summed E-state index contributed by atoms with van der Waals surface area (Å²) in [6.45, 7) is 3.96. The van der Waals surface area contributed by atoms with E-state index in [1.807, 2.05) is 38.1 Å². The van der Waals surface area contributed by atoms with Crippen molar-refractivity contribution in [2.24, 2.45) is 0 Å². The average molecular weight is 363 g/mol. The molecular formula is C22H25N3O2. The van der Waals surface area contributed by atoms with Crippen LogP contribution in [0.15, 0.2) is 36.5 Å². The molecule has 3 rings (SSSR count). The first-order valence-corrected chi connectivity index (χ1v) is 9.52. The second kappa shape index (κ2) is 8.68. The number of amides is 1. The van der Waals surface area contributed by atoms with Crippen LogP contribution in [0, 0.1) is 18.3 Å². The molecule has 1 amide bonds. The minimum absolute atomic E-state index is 0.0581. The molecule has 1 aromatic carbocycles. The molecule has 0 spiro atoms. The molecule has 1 heterocycles. The third-order valence-corrected chi connectivity index (χ3v) is 5.08. The molecule has 1 fully saturated rings. The fourth-order valence-corrected chi connectivity index (χ4v) is 3.39. The van der Waals surface area contributed by atoms with Crippen molar-refractivity contribution in [2.45, 2.75) is 58.1 Å². The minimum atomic E-state index is -0.0581. The second-order valence-electron chi connectivity index (χ2n) is 7.05. The van der Waals surface area contributed by atoms with Gasteiger partial charge in [-0.3, -0.25) is 9.78 Å². The van der Waals surface area contributed by atoms with E-state index in [1.54, 1.807) is 12.3 Å². The zero-order valence-corrected chi connectivity index (χ0v) is 15.9. The van der Waals surface area contributed by atoms with Gasteiger partial charge in [0.05, 0.1) is 23.3 Å². The maximum atomic E-state index is 12.4. The molecule has 1 aromatic heterocycles. The molecule has 1 aliphatic rings. The molecule has 0 radical (unpaired) electrons. The third kappa shape index (κ3) is 4.85. The van der Waals surface area contributed by atoms with Gasteiger partial charge < -0.3 is 10.1 Å². The Kier molecular flexibility index (Phi) is 6.08. The van der Waals surface area contributed by atoms with Gasteiger partial charge >= 0.3 is 0 Å². The van der Waals surface area contributed by atoms with E-state index in [9.17, 15) is 4.79 Å². The van der Waals surface area contributed by atoms with Gasteiger partial charge in [-0.2, -0.15) is 5.26 Å². The third-order valence-electron chi connectivity index (χ3n) is 5.08. The molecule has 27 heavy (non-hydrogen) atoms. The number of nitrogens with zero attached hydrogens (tertiary/aromatic N) is 2. The fraction of sp³-hybridized carbons (Fsp3) is 0.409. The molecule has 2 aromatic rings. The minimum Gasteiger partial charge on any atom is -0.490 e. The number of aromatic nitrogens is 1. The summed E-state index contributed by atoms with van der Waals surface area (Å²) in [5.74, 6) is 0.748. The Morgan fingerprint density at radius 1 is 1.26 bits per heavy atom. The van der Waals surface area contributed by atoms with Crippen LogP contribution in [-0.2, 0) is 6.42 Å². The summed E-state index contributed by atoms with van der Waals surface area (Å²) < 4.78 is 6.07. The molecule has 0 bridgehead atoms. The largest absolute Gasteiger partial charge is 0.490 e. The van der Waals surface area contributed by atoms with Gasteiger partial charge in [0.15, 0.2) is 0 Å². The van der Waals surface area contributed by atoms with E-state index < -0.39 is 0 Å². The first-order valence-electron chi connectivity index (χ1n) is 9.52. The van der Waals surface area contributed by atoms with Crippen molar-refractivity contribution in [3.8, 4) is 11.8 Å². The SMILES string of the molecule is CCc1ccc(C(=O)NC2CCC(Oc3ccc(C#N)c(C)c3)CC2)cn1. The van der Waals surface area contributed by atoms with Crippen molar-refractivity contribution in [3.05, 3.63) is 58.9 Å². The van der Waals surface area contributed by atoms with Crippen molar-refractivity contribution >= 4 is 5.91 Å². The topological polar surface area (TPSA) is 75.0 Å². The summed E-state index contributed by atoms with van der Waals surface area (Å²) in [4.78, 5) is 16.7. The lowest BCUT2D eigenvalue weighted by Crippen LogP contribution is -2.39. The predicted octanol–water partition coefficient (Wildman–Crippen LogP) is 3.94. The zero-order valence-electron chi connectivity index (χ0n) is 15.9. The van der Waals surface area contributed by atoms with Crippen molar-refractivity contribution in [1.29, 1.82) is 5.26 Å². The van der Waals surface area contributed by atoms with E-state index in [1.165, 1.54) is 0 Å². The van der Waals surface area contributed by atoms with Crippen LogP contribution in [0.1, 0.15) is 59.8 Å². The van der Waals surface area contributed by atoms with Crippen molar-refractivity contribution in [2.75, 3.05) is 0 Å². The van der Waals surface area contributed by atoms with Gasteiger partial charge in [0.25, 0.3) is 5.91 Å². The number of nitriles is 1. The van der Waals surface area contributed by atoms with Gasteiger partial charge in [0.1, 0.15) is 5.75 Å². The normalized spacial score (nSPS) is 19.1. The van der Waals surface area contributed by atoms with Crippen molar-refractivity contribution < 1.29 is 9.53 Å². The van der Waals surface area contributed by atoms with Crippen molar-refractivity contribution in [1.82, 2.24) is 10.3 Å². The molecule has 1 N–H and O–H groups in total. The van der Waals surface area contributed by atoms with Crippen LogP contribution in [0.25, 0.3) is 0 Å².